The monoisotopic (exact) mass is 223 g/mol. The van der Waals surface area contributed by atoms with Crippen LogP contribution >= 0.6 is 0 Å². The predicted molar refractivity (Wildman–Crippen MR) is 63.5 cm³/mol. The van der Waals surface area contributed by atoms with Crippen molar-refractivity contribution < 1.29 is 4.74 Å². The van der Waals surface area contributed by atoms with Gasteiger partial charge in [-0.05, 0) is 6.42 Å². The van der Waals surface area contributed by atoms with Gasteiger partial charge >= 0.3 is 0 Å². The summed E-state index contributed by atoms with van der Waals surface area (Å²) in [5.74, 6) is 1.20. The van der Waals surface area contributed by atoms with Crippen molar-refractivity contribution in [3.63, 3.8) is 0 Å². The van der Waals surface area contributed by atoms with Gasteiger partial charge in [-0.1, -0.05) is 6.08 Å². The maximum Gasteiger partial charge on any atom is 0.244 e. The molecule has 1 heterocycles. The van der Waals surface area contributed by atoms with Crippen LogP contribution in [0, 0.1) is 0 Å². The van der Waals surface area contributed by atoms with Crippen molar-refractivity contribution in [1.82, 2.24) is 15.2 Å². The number of rotatable bonds is 8. The Morgan fingerprint density at radius 2 is 2.38 bits per heavy atom. The van der Waals surface area contributed by atoms with E-state index in [4.69, 9.17) is 4.74 Å². The lowest BCUT2D eigenvalue weighted by atomic mass is 10.4. The fourth-order valence-corrected chi connectivity index (χ4v) is 1.06. The quantitative estimate of drug-likeness (QED) is 0.504. The second-order valence-electron chi connectivity index (χ2n) is 3.11. The van der Waals surface area contributed by atoms with Gasteiger partial charge in [0.25, 0.3) is 0 Å². The molecule has 0 atom stereocenters. The first-order valence-electron chi connectivity index (χ1n) is 5.14. The fraction of sp³-hybridized carbons (Fsp3) is 0.500. The van der Waals surface area contributed by atoms with Crippen LogP contribution in [0.5, 0.6) is 0 Å². The van der Waals surface area contributed by atoms with Crippen LogP contribution in [0.15, 0.2) is 18.9 Å². The number of hydrogen-bond donors (Lipinski definition) is 2. The van der Waals surface area contributed by atoms with Crippen LogP contribution in [0.4, 0.5) is 11.8 Å². The van der Waals surface area contributed by atoms with Crippen LogP contribution < -0.4 is 10.6 Å². The third-order valence-corrected chi connectivity index (χ3v) is 1.79. The summed E-state index contributed by atoms with van der Waals surface area (Å²) in [7, 11) is 1.68. The molecule has 6 heteroatoms. The van der Waals surface area contributed by atoms with Gasteiger partial charge in [-0.3, -0.25) is 0 Å². The third-order valence-electron chi connectivity index (χ3n) is 1.79. The maximum atomic E-state index is 4.94. The summed E-state index contributed by atoms with van der Waals surface area (Å²) in [4.78, 5) is 4.22. The Morgan fingerprint density at radius 3 is 3.12 bits per heavy atom. The van der Waals surface area contributed by atoms with E-state index >= 15 is 0 Å². The van der Waals surface area contributed by atoms with E-state index in [2.05, 4.69) is 32.4 Å². The number of aromatic nitrogens is 3. The molecule has 0 aliphatic heterocycles. The van der Waals surface area contributed by atoms with E-state index in [-0.39, 0.29) is 0 Å². The Labute approximate surface area is 95.1 Å². The minimum absolute atomic E-state index is 0.497. The molecule has 0 amide bonds. The first-order chi connectivity index (χ1) is 7.86. The number of methoxy groups -OCH3 is 1. The minimum atomic E-state index is 0.497. The van der Waals surface area contributed by atoms with Gasteiger partial charge in [-0.25, -0.2) is 0 Å². The Bertz CT molecular complexity index is 318. The molecule has 0 bridgehead atoms. The van der Waals surface area contributed by atoms with Crippen LogP contribution in [-0.2, 0) is 4.74 Å². The molecule has 6 nitrogen and oxygen atoms in total. The molecule has 0 aliphatic rings. The molecule has 0 saturated heterocycles. The zero-order valence-electron chi connectivity index (χ0n) is 9.44. The summed E-state index contributed by atoms with van der Waals surface area (Å²) in [6, 6.07) is 0. The molecule has 0 aromatic carbocycles. The van der Waals surface area contributed by atoms with E-state index in [1.807, 2.05) is 0 Å². The lowest BCUT2D eigenvalue weighted by Crippen LogP contribution is -2.09. The van der Waals surface area contributed by atoms with Gasteiger partial charge in [0.05, 0.1) is 6.20 Å². The Balaban J connectivity index is 2.37. The summed E-state index contributed by atoms with van der Waals surface area (Å²) in [5, 5.41) is 13.8. The normalized spacial score (nSPS) is 9.81. The lowest BCUT2D eigenvalue weighted by Gasteiger charge is -2.06. The molecule has 0 radical (unpaired) electrons. The molecule has 1 rings (SSSR count). The third kappa shape index (κ3) is 4.70. The lowest BCUT2D eigenvalue weighted by molar-refractivity contribution is 0.197. The van der Waals surface area contributed by atoms with Crippen molar-refractivity contribution >= 4 is 11.8 Å². The molecule has 1 aromatic heterocycles. The van der Waals surface area contributed by atoms with E-state index in [0.717, 1.165) is 19.6 Å². The highest BCUT2D eigenvalue weighted by atomic mass is 16.5. The smallest absolute Gasteiger partial charge is 0.244 e. The highest BCUT2D eigenvalue weighted by Gasteiger charge is 1.98. The van der Waals surface area contributed by atoms with Gasteiger partial charge in [-0.15, -0.1) is 11.7 Å². The standard InChI is InChI=1S/C10H17N5O/c1-3-5-12-10-14-9(8-13-15-10)11-6-4-7-16-2/h3,8H,1,4-7H2,2H3,(H2,11,12,14,15). The molecule has 1 aromatic rings. The molecular weight excluding hydrogens is 206 g/mol. The Morgan fingerprint density at radius 1 is 1.50 bits per heavy atom. The number of nitrogens with one attached hydrogen (secondary N) is 2. The molecule has 0 unspecified atom stereocenters. The molecule has 0 saturated carbocycles. The molecule has 0 spiro atoms. The van der Waals surface area contributed by atoms with Gasteiger partial charge < -0.3 is 15.4 Å². The summed E-state index contributed by atoms with van der Waals surface area (Å²) in [5.41, 5.74) is 0. The van der Waals surface area contributed by atoms with Crippen LogP contribution in [0.1, 0.15) is 6.42 Å². The number of anilines is 2. The fourth-order valence-electron chi connectivity index (χ4n) is 1.06. The Hall–Kier alpha value is -1.69. The largest absolute Gasteiger partial charge is 0.385 e. The summed E-state index contributed by atoms with van der Waals surface area (Å²) in [6.45, 7) is 5.75. The van der Waals surface area contributed by atoms with Crippen molar-refractivity contribution in [2.45, 2.75) is 6.42 Å². The molecule has 16 heavy (non-hydrogen) atoms. The summed E-state index contributed by atoms with van der Waals surface area (Å²) < 4.78 is 4.94. The zero-order chi connectivity index (χ0) is 11.6. The number of hydrogen-bond acceptors (Lipinski definition) is 6. The topological polar surface area (TPSA) is 72.0 Å². The molecular formula is C10H17N5O. The first kappa shape index (κ1) is 12.4. The van der Waals surface area contributed by atoms with E-state index in [9.17, 15) is 0 Å². The Kier molecular flexibility index (Phi) is 5.87. The van der Waals surface area contributed by atoms with E-state index in [0.29, 0.717) is 18.3 Å². The van der Waals surface area contributed by atoms with Gasteiger partial charge in [0.1, 0.15) is 0 Å². The van der Waals surface area contributed by atoms with E-state index in [1.165, 1.54) is 0 Å². The van der Waals surface area contributed by atoms with E-state index in [1.54, 1.807) is 19.4 Å². The maximum absolute atomic E-state index is 4.94. The first-order valence-corrected chi connectivity index (χ1v) is 5.14. The van der Waals surface area contributed by atoms with Gasteiger partial charge in [0.15, 0.2) is 5.82 Å². The van der Waals surface area contributed by atoms with Crippen LogP contribution in [0.2, 0.25) is 0 Å². The van der Waals surface area contributed by atoms with Crippen LogP contribution in [0.25, 0.3) is 0 Å². The average molecular weight is 223 g/mol. The molecule has 88 valence electrons. The van der Waals surface area contributed by atoms with Crippen molar-refractivity contribution in [3.05, 3.63) is 18.9 Å². The summed E-state index contributed by atoms with van der Waals surface area (Å²) in [6.07, 6.45) is 4.25. The van der Waals surface area contributed by atoms with Crippen molar-refractivity contribution in [3.8, 4) is 0 Å². The number of ether oxygens (including phenoxy) is 1. The molecule has 2 N–H and O–H groups in total. The minimum Gasteiger partial charge on any atom is -0.385 e. The van der Waals surface area contributed by atoms with Crippen molar-refractivity contribution in [2.24, 2.45) is 0 Å². The number of nitrogens with zero attached hydrogens (tertiary/aromatic N) is 3. The molecule has 0 aliphatic carbocycles. The van der Waals surface area contributed by atoms with Crippen LogP contribution in [-0.4, -0.2) is 42.0 Å². The average Bonchev–Trinajstić information content (AvgIpc) is 2.33. The molecule has 0 fully saturated rings. The second kappa shape index (κ2) is 7.58. The van der Waals surface area contributed by atoms with Gasteiger partial charge in [0.2, 0.25) is 5.95 Å². The van der Waals surface area contributed by atoms with Crippen molar-refractivity contribution in [1.29, 1.82) is 0 Å². The van der Waals surface area contributed by atoms with Crippen molar-refractivity contribution in [2.75, 3.05) is 37.4 Å². The zero-order valence-corrected chi connectivity index (χ0v) is 9.44. The summed E-state index contributed by atoms with van der Waals surface area (Å²) >= 11 is 0. The predicted octanol–water partition coefficient (Wildman–Crippen LogP) is 0.918. The SMILES string of the molecule is C=CCNc1nncc(NCCCOC)n1. The van der Waals surface area contributed by atoms with Gasteiger partial charge in [0, 0.05) is 26.8 Å². The highest BCUT2D eigenvalue weighted by molar-refractivity contribution is 5.36. The van der Waals surface area contributed by atoms with Crippen LogP contribution in [0.3, 0.4) is 0 Å². The highest BCUT2D eigenvalue weighted by Crippen LogP contribution is 2.02. The van der Waals surface area contributed by atoms with E-state index < -0.39 is 0 Å². The second-order valence-corrected chi connectivity index (χ2v) is 3.11. The van der Waals surface area contributed by atoms with Gasteiger partial charge in [-0.2, -0.15) is 10.1 Å².